The monoisotopic (exact) mass is 337 g/mol. The second-order valence-electron chi connectivity index (χ2n) is 5.04. The Bertz CT molecular complexity index is 979. The summed E-state index contributed by atoms with van der Waals surface area (Å²) in [7, 11) is 1.49. The predicted octanol–water partition coefficient (Wildman–Crippen LogP) is 3.56. The van der Waals surface area contributed by atoms with Crippen molar-refractivity contribution in [3.63, 3.8) is 0 Å². The van der Waals surface area contributed by atoms with Gasteiger partial charge in [-0.1, -0.05) is 12.1 Å². The standard InChI is InChI=1S/C16H11F4N3O/c1-21-15-22-14(24)13(9-3-2-4-11(17)7-9)12-8-10(16(18,19)20)5-6-23(12)15/h2-8H,1H3,(H,21,22,24). The van der Waals surface area contributed by atoms with Crippen molar-refractivity contribution in [1.82, 2.24) is 9.38 Å². The van der Waals surface area contributed by atoms with E-state index in [1.54, 1.807) is 0 Å². The molecule has 0 spiro atoms. The van der Waals surface area contributed by atoms with Crippen molar-refractivity contribution in [2.24, 2.45) is 0 Å². The molecule has 2 heterocycles. The van der Waals surface area contributed by atoms with Crippen molar-refractivity contribution in [3.8, 4) is 11.1 Å². The topological polar surface area (TPSA) is 46.4 Å². The van der Waals surface area contributed by atoms with Crippen LogP contribution in [0.2, 0.25) is 0 Å². The number of hydrogen-bond acceptors (Lipinski definition) is 3. The van der Waals surface area contributed by atoms with Crippen molar-refractivity contribution in [1.29, 1.82) is 0 Å². The first-order valence-corrected chi connectivity index (χ1v) is 6.88. The van der Waals surface area contributed by atoms with Crippen molar-refractivity contribution in [3.05, 3.63) is 64.3 Å². The third-order valence-electron chi connectivity index (χ3n) is 3.52. The van der Waals surface area contributed by atoms with Crippen molar-refractivity contribution in [2.45, 2.75) is 6.18 Å². The van der Waals surface area contributed by atoms with E-state index in [0.717, 1.165) is 18.2 Å². The molecule has 3 aromatic rings. The van der Waals surface area contributed by atoms with Crippen molar-refractivity contribution >= 4 is 11.5 Å². The molecule has 0 atom stereocenters. The Labute approximate surface area is 133 Å². The summed E-state index contributed by atoms with van der Waals surface area (Å²) in [5.41, 5.74) is -1.61. The average Bonchev–Trinajstić information content (AvgIpc) is 2.52. The lowest BCUT2D eigenvalue weighted by atomic mass is 10.0. The smallest absolute Gasteiger partial charge is 0.358 e. The minimum atomic E-state index is -4.57. The highest BCUT2D eigenvalue weighted by atomic mass is 19.4. The van der Waals surface area contributed by atoms with Crippen LogP contribution >= 0.6 is 0 Å². The molecule has 24 heavy (non-hydrogen) atoms. The molecule has 3 rings (SSSR count). The van der Waals surface area contributed by atoms with E-state index in [9.17, 15) is 22.4 Å². The fourth-order valence-corrected chi connectivity index (χ4v) is 2.46. The summed E-state index contributed by atoms with van der Waals surface area (Å²) >= 11 is 0. The molecule has 8 heteroatoms. The van der Waals surface area contributed by atoms with Gasteiger partial charge in [0.1, 0.15) is 5.82 Å². The maximum Gasteiger partial charge on any atom is 0.416 e. The summed E-state index contributed by atoms with van der Waals surface area (Å²) in [4.78, 5) is 16.1. The molecule has 124 valence electrons. The SMILES string of the molecule is CNc1nc(=O)c(-c2cccc(F)c2)c2cc(C(F)(F)F)ccn12. The Kier molecular flexibility index (Phi) is 3.75. The second-order valence-corrected chi connectivity index (χ2v) is 5.04. The van der Waals surface area contributed by atoms with Crippen molar-refractivity contribution < 1.29 is 17.6 Å². The van der Waals surface area contributed by atoms with Crippen LogP contribution in [0.15, 0.2) is 47.4 Å². The lowest BCUT2D eigenvalue weighted by molar-refractivity contribution is -0.137. The van der Waals surface area contributed by atoms with Gasteiger partial charge in [-0.05, 0) is 29.8 Å². The normalized spacial score (nSPS) is 11.7. The third kappa shape index (κ3) is 2.70. The fraction of sp³-hybridized carbons (Fsp3) is 0.125. The number of rotatable bonds is 2. The van der Waals surface area contributed by atoms with Crippen molar-refractivity contribution in [2.75, 3.05) is 12.4 Å². The first kappa shape index (κ1) is 16.0. The van der Waals surface area contributed by atoms with Crippen LogP contribution in [0.5, 0.6) is 0 Å². The van der Waals surface area contributed by atoms with Gasteiger partial charge in [-0.2, -0.15) is 18.2 Å². The Morgan fingerprint density at radius 1 is 1.17 bits per heavy atom. The Morgan fingerprint density at radius 3 is 2.54 bits per heavy atom. The Balaban J connectivity index is 2.43. The first-order valence-electron chi connectivity index (χ1n) is 6.88. The van der Waals surface area contributed by atoms with Gasteiger partial charge in [-0.15, -0.1) is 0 Å². The van der Waals surface area contributed by atoms with Crippen LogP contribution in [0.25, 0.3) is 16.6 Å². The highest BCUT2D eigenvalue weighted by Gasteiger charge is 2.31. The minimum absolute atomic E-state index is 0.0141. The molecule has 0 aliphatic carbocycles. The first-order chi connectivity index (χ1) is 11.3. The van der Waals surface area contributed by atoms with E-state index in [4.69, 9.17) is 0 Å². The second kappa shape index (κ2) is 5.63. The molecule has 1 aromatic carbocycles. The van der Waals surface area contributed by atoms with Gasteiger partial charge in [0, 0.05) is 13.2 Å². The number of benzene rings is 1. The Hall–Kier alpha value is -2.90. The van der Waals surface area contributed by atoms with E-state index >= 15 is 0 Å². The van der Waals surface area contributed by atoms with Crippen LogP contribution in [0, 0.1) is 5.82 Å². The summed E-state index contributed by atoms with van der Waals surface area (Å²) in [6, 6.07) is 6.82. The molecule has 1 N–H and O–H groups in total. The average molecular weight is 337 g/mol. The molecule has 0 fully saturated rings. The molecule has 0 unspecified atom stereocenters. The molecule has 0 saturated carbocycles. The number of hydrogen-bond donors (Lipinski definition) is 1. The van der Waals surface area contributed by atoms with E-state index in [2.05, 4.69) is 10.3 Å². The summed E-state index contributed by atoms with van der Waals surface area (Å²) < 4.78 is 53.8. The zero-order chi connectivity index (χ0) is 17.5. The number of aromatic nitrogens is 2. The van der Waals surface area contributed by atoms with Gasteiger partial charge in [0.2, 0.25) is 5.95 Å². The third-order valence-corrected chi connectivity index (χ3v) is 3.52. The highest BCUT2D eigenvalue weighted by Crippen LogP contribution is 2.32. The predicted molar refractivity (Wildman–Crippen MR) is 81.4 cm³/mol. The number of nitrogens with one attached hydrogen (secondary N) is 1. The van der Waals surface area contributed by atoms with E-state index in [0.29, 0.717) is 0 Å². The summed E-state index contributed by atoms with van der Waals surface area (Å²) in [5, 5.41) is 2.66. The molecular weight excluding hydrogens is 326 g/mol. The molecule has 0 radical (unpaired) electrons. The van der Waals surface area contributed by atoms with E-state index in [1.165, 1.54) is 35.8 Å². The van der Waals surface area contributed by atoms with Gasteiger partial charge in [0.15, 0.2) is 0 Å². The summed E-state index contributed by atoms with van der Waals surface area (Å²) in [6.07, 6.45) is -3.40. The van der Waals surface area contributed by atoms with Crippen LogP contribution in [0.1, 0.15) is 5.56 Å². The maximum atomic E-state index is 13.5. The molecule has 0 bridgehead atoms. The van der Waals surface area contributed by atoms with Crippen LogP contribution < -0.4 is 10.9 Å². The molecule has 0 amide bonds. The van der Waals surface area contributed by atoms with Gasteiger partial charge >= 0.3 is 6.18 Å². The molecular formula is C16H11F4N3O. The van der Waals surface area contributed by atoms with Crippen LogP contribution in [0.4, 0.5) is 23.5 Å². The highest BCUT2D eigenvalue weighted by molar-refractivity contribution is 5.81. The number of alkyl halides is 3. The largest absolute Gasteiger partial charge is 0.416 e. The molecule has 0 aliphatic rings. The molecule has 2 aromatic heterocycles. The number of pyridine rings is 1. The minimum Gasteiger partial charge on any atom is -0.358 e. The Morgan fingerprint density at radius 2 is 1.92 bits per heavy atom. The van der Waals surface area contributed by atoms with Gasteiger partial charge in [0.25, 0.3) is 5.56 Å². The van der Waals surface area contributed by atoms with Gasteiger partial charge < -0.3 is 5.32 Å². The molecule has 4 nitrogen and oxygen atoms in total. The van der Waals surface area contributed by atoms with E-state index in [1.807, 2.05) is 0 Å². The zero-order valence-electron chi connectivity index (χ0n) is 12.4. The summed E-state index contributed by atoms with van der Waals surface area (Å²) in [6.45, 7) is 0. The fourth-order valence-electron chi connectivity index (χ4n) is 2.46. The van der Waals surface area contributed by atoms with Gasteiger partial charge in [0.05, 0.1) is 16.6 Å². The van der Waals surface area contributed by atoms with Crippen LogP contribution in [-0.2, 0) is 6.18 Å². The number of halogens is 4. The number of nitrogens with zero attached hydrogens (tertiary/aromatic N) is 2. The zero-order valence-corrected chi connectivity index (χ0v) is 12.4. The number of anilines is 1. The van der Waals surface area contributed by atoms with Gasteiger partial charge in [-0.3, -0.25) is 9.20 Å². The summed E-state index contributed by atoms with van der Waals surface area (Å²) in [5.74, 6) is -0.515. The quantitative estimate of drug-likeness (QED) is 0.728. The number of fused-ring (bicyclic) bond motifs is 1. The lowest BCUT2D eigenvalue weighted by Crippen LogP contribution is -2.17. The van der Waals surface area contributed by atoms with Crippen LogP contribution in [-0.4, -0.2) is 16.4 Å². The van der Waals surface area contributed by atoms with Crippen LogP contribution in [0.3, 0.4) is 0 Å². The molecule has 0 aliphatic heterocycles. The van der Waals surface area contributed by atoms with E-state index in [-0.39, 0.29) is 22.6 Å². The van der Waals surface area contributed by atoms with Gasteiger partial charge in [-0.25, -0.2) is 4.39 Å². The molecule has 0 saturated heterocycles. The lowest BCUT2D eigenvalue weighted by Gasteiger charge is -2.14. The van der Waals surface area contributed by atoms with E-state index < -0.39 is 23.1 Å². The maximum absolute atomic E-state index is 13.5.